The van der Waals surface area contributed by atoms with Gasteiger partial charge in [0.15, 0.2) is 5.84 Å². The third-order valence-electron chi connectivity index (χ3n) is 5.81. The van der Waals surface area contributed by atoms with E-state index in [0.29, 0.717) is 0 Å². The standard InChI is InChI=1S/C21H22ClN5/c22-16-5-3-4-15(14-16)20(8-9-20)27-26-19-21(10-12-23-13-11-21)25-18-7-2-1-6-17(18)24-19/h1-7,14,23,25H,8-13H2. The summed E-state index contributed by atoms with van der Waals surface area (Å²) in [4.78, 5) is 4.90. The van der Waals surface area contributed by atoms with Gasteiger partial charge in [-0.15, -0.1) is 5.11 Å². The fourth-order valence-corrected chi connectivity index (χ4v) is 4.21. The molecule has 0 amide bonds. The molecule has 1 saturated carbocycles. The zero-order chi connectivity index (χ0) is 18.3. The van der Waals surface area contributed by atoms with Gasteiger partial charge in [-0.2, -0.15) is 5.11 Å². The lowest BCUT2D eigenvalue weighted by Gasteiger charge is -2.40. The first kappa shape index (κ1) is 16.9. The summed E-state index contributed by atoms with van der Waals surface area (Å²) in [5.74, 6) is 0.802. The van der Waals surface area contributed by atoms with Gasteiger partial charge in [0.1, 0.15) is 11.1 Å². The lowest BCUT2D eigenvalue weighted by atomic mass is 9.85. The predicted molar refractivity (Wildman–Crippen MR) is 109 cm³/mol. The molecule has 2 aromatic rings. The molecule has 2 fully saturated rings. The maximum atomic E-state index is 6.19. The average molecular weight is 380 g/mol. The van der Waals surface area contributed by atoms with Crippen molar-refractivity contribution in [2.24, 2.45) is 15.2 Å². The summed E-state index contributed by atoms with van der Waals surface area (Å²) in [6, 6.07) is 16.1. The monoisotopic (exact) mass is 379 g/mol. The summed E-state index contributed by atoms with van der Waals surface area (Å²) in [5, 5.41) is 17.4. The summed E-state index contributed by atoms with van der Waals surface area (Å²) >= 11 is 6.19. The molecule has 0 aromatic heterocycles. The molecule has 2 N–H and O–H groups in total. The fraction of sp³-hybridized carbons (Fsp3) is 0.381. The van der Waals surface area contributed by atoms with Crippen LogP contribution in [0, 0.1) is 0 Å². The van der Waals surface area contributed by atoms with Crippen molar-refractivity contribution >= 4 is 28.8 Å². The highest BCUT2D eigenvalue weighted by Gasteiger charge is 2.47. The van der Waals surface area contributed by atoms with Crippen molar-refractivity contribution in [3.63, 3.8) is 0 Å². The Bertz CT molecular complexity index is 926. The third-order valence-corrected chi connectivity index (χ3v) is 6.05. The van der Waals surface area contributed by atoms with Gasteiger partial charge in [-0.3, -0.25) is 0 Å². The first-order valence-electron chi connectivity index (χ1n) is 9.55. The first-order chi connectivity index (χ1) is 13.2. The first-order valence-corrected chi connectivity index (χ1v) is 9.93. The Hall–Kier alpha value is -2.24. The maximum absolute atomic E-state index is 6.19. The largest absolute Gasteiger partial charge is 0.371 e. The molecule has 5 rings (SSSR count). The van der Waals surface area contributed by atoms with Crippen LogP contribution in [-0.4, -0.2) is 24.5 Å². The molecule has 2 heterocycles. The number of halogens is 1. The lowest BCUT2D eigenvalue weighted by molar-refractivity contribution is 0.417. The minimum Gasteiger partial charge on any atom is -0.371 e. The van der Waals surface area contributed by atoms with E-state index in [1.165, 1.54) is 0 Å². The van der Waals surface area contributed by atoms with E-state index in [1.54, 1.807) is 0 Å². The van der Waals surface area contributed by atoms with Crippen LogP contribution in [0.2, 0.25) is 5.02 Å². The number of fused-ring (bicyclic) bond motifs is 1. The van der Waals surface area contributed by atoms with E-state index in [1.807, 2.05) is 36.4 Å². The predicted octanol–water partition coefficient (Wildman–Crippen LogP) is 5.06. The Labute approximate surface area is 164 Å². The van der Waals surface area contributed by atoms with E-state index in [-0.39, 0.29) is 11.1 Å². The summed E-state index contributed by atoms with van der Waals surface area (Å²) in [6.45, 7) is 1.90. The number of para-hydroxylation sites is 2. The van der Waals surface area contributed by atoms with Crippen LogP contribution >= 0.6 is 11.6 Å². The zero-order valence-corrected chi connectivity index (χ0v) is 15.8. The van der Waals surface area contributed by atoms with Crippen LogP contribution < -0.4 is 10.6 Å². The van der Waals surface area contributed by atoms with Gasteiger partial charge >= 0.3 is 0 Å². The van der Waals surface area contributed by atoms with E-state index in [2.05, 4.69) is 22.8 Å². The second-order valence-electron chi connectivity index (χ2n) is 7.65. The van der Waals surface area contributed by atoms with Crippen molar-refractivity contribution in [2.45, 2.75) is 36.8 Å². The Morgan fingerprint density at radius 2 is 1.78 bits per heavy atom. The molecule has 2 aliphatic heterocycles. The minimum absolute atomic E-state index is 0.238. The second-order valence-corrected chi connectivity index (χ2v) is 8.09. The number of benzene rings is 2. The molecule has 5 nitrogen and oxygen atoms in total. The molecule has 1 aliphatic carbocycles. The molecule has 3 aliphatic rings. The third kappa shape index (κ3) is 3.05. The molecular weight excluding hydrogens is 358 g/mol. The molecule has 27 heavy (non-hydrogen) atoms. The maximum Gasteiger partial charge on any atom is 0.176 e. The van der Waals surface area contributed by atoms with Crippen molar-refractivity contribution < 1.29 is 0 Å². The smallest absolute Gasteiger partial charge is 0.176 e. The fourth-order valence-electron chi connectivity index (χ4n) is 4.02. The summed E-state index contributed by atoms with van der Waals surface area (Å²) in [6.07, 6.45) is 3.90. The topological polar surface area (TPSA) is 61.1 Å². The van der Waals surface area contributed by atoms with Crippen LogP contribution in [0.15, 0.2) is 63.8 Å². The molecule has 0 atom stereocenters. The van der Waals surface area contributed by atoms with Gasteiger partial charge in [0.25, 0.3) is 0 Å². The van der Waals surface area contributed by atoms with Crippen LogP contribution in [0.4, 0.5) is 11.4 Å². The highest BCUT2D eigenvalue weighted by molar-refractivity contribution is 6.30. The average Bonchev–Trinajstić information content (AvgIpc) is 3.48. The molecule has 2 aromatic carbocycles. The number of rotatable bonds is 2. The normalized spacial score (nSPS) is 22.2. The van der Waals surface area contributed by atoms with Gasteiger partial charge in [0, 0.05) is 5.02 Å². The molecule has 138 valence electrons. The Balaban J connectivity index is 1.52. The van der Waals surface area contributed by atoms with Gasteiger partial charge in [-0.05, 0) is 68.6 Å². The zero-order valence-electron chi connectivity index (χ0n) is 15.1. The summed E-state index contributed by atoms with van der Waals surface area (Å²) in [7, 11) is 0. The number of hydrogen-bond acceptors (Lipinski definition) is 5. The number of azo groups is 1. The van der Waals surface area contributed by atoms with Gasteiger partial charge in [0.05, 0.1) is 11.4 Å². The molecule has 6 heteroatoms. The van der Waals surface area contributed by atoms with Gasteiger partial charge < -0.3 is 10.6 Å². The van der Waals surface area contributed by atoms with Crippen molar-refractivity contribution in [2.75, 3.05) is 18.4 Å². The van der Waals surface area contributed by atoms with Crippen molar-refractivity contribution in [1.29, 1.82) is 0 Å². The van der Waals surface area contributed by atoms with Crippen molar-refractivity contribution in [3.8, 4) is 0 Å². The quantitative estimate of drug-likeness (QED) is 0.716. The van der Waals surface area contributed by atoms with E-state index in [4.69, 9.17) is 26.8 Å². The highest BCUT2D eigenvalue weighted by atomic mass is 35.5. The van der Waals surface area contributed by atoms with Gasteiger partial charge in [0.2, 0.25) is 0 Å². The van der Waals surface area contributed by atoms with E-state index in [0.717, 1.165) is 66.6 Å². The molecule has 0 unspecified atom stereocenters. The number of nitrogens with zero attached hydrogens (tertiary/aromatic N) is 3. The number of aliphatic imine (C=N–C) groups is 1. The minimum atomic E-state index is -0.243. The number of piperidine rings is 1. The van der Waals surface area contributed by atoms with Gasteiger partial charge in [-0.1, -0.05) is 35.9 Å². The molecular formula is C21H22ClN5. The molecule has 1 spiro atoms. The number of amidine groups is 1. The Morgan fingerprint density at radius 3 is 2.56 bits per heavy atom. The Kier molecular flexibility index (Phi) is 4.02. The molecule has 0 radical (unpaired) electrons. The van der Waals surface area contributed by atoms with Crippen LogP contribution in [0.1, 0.15) is 31.2 Å². The van der Waals surface area contributed by atoms with E-state index in [9.17, 15) is 0 Å². The Morgan fingerprint density at radius 1 is 0.963 bits per heavy atom. The SMILES string of the molecule is Clc1cccc(C2(N=NC3=Nc4ccccc4NC34CCNCC4)CC2)c1. The van der Waals surface area contributed by atoms with Crippen LogP contribution in [0.5, 0.6) is 0 Å². The molecule has 1 saturated heterocycles. The number of anilines is 1. The van der Waals surface area contributed by atoms with E-state index < -0.39 is 0 Å². The second kappa shape index (κ2) is 6.43. The number of hydrogen-bond donors (Lipinski definition) is 2. The highest BCUT2D eigenvalue weighted by Crippen LogP contribution is 2.50. The van der Waals surface area contributed by atoms with Crippen molar-refractivity contribution in [1.82, 2.24) is 5.32 Å². The van der Waals surface area contributed by atoms with Crippen LogP contribution in [0.3, 0.4) is 0 Å². The lowest BCUT2D eigenvalue weighted by Crippen LogP contribution is -2.53. The summed E-state index contributed by atoms with van der Waals surface area (Å²) in [5.41, 5.74) is 2.67. The summed E-state index contributed by atoms with van der Waals surface area (Å²) < 4.78 is 0. The van der Waals surface area contributed by atoms with E-state index >= 15 is 0 Å². The van der Waals surface area contributed by atoms with Crippen LogP contribution in [0.25, 0.3) is 0 Å². The van der Waals surface area contributed by atoms with Crippen LogP contribution in [-0.2, 0) is 5.54 Å². The molecule has 0 bridgehead atoms. The van der Waals surface area contributed by atoms with Gasteiger partial charge in [-0.25, -0.2) is 4.99 Å². The number of nitrogens with one attached hydrogen (secondary N) is 2. The van der Waals surface area contributed by atoms with Crippen molar-refractivity contribution in [3.05, 3.63) is 59.1 Å².